The minimum absolute atomic E-state index is 0.295. The summed E-state index contributed by atoms with van der Waals surface area (Å²) in [4.78, 5) is 6.89. The third-order valence-electron chi connectivity index (χ3n) is 6.62. The molecule has 0 bridgehead atoms. The van der Waals surface area contributed by atoms with Gasteiger partial charge in [-0.2, -0.15) is 10.4 Å². The van der Waals surface area contributed by atoms with Crippen molar-refractivity contribution in [3.63, 3.8) is 0 Å². The number of nitrogens with one attached hydrogen (secondary N) is 2. The van der Waals surface area contributed by atoms with Crippen LogP contribution in [0.4, 0.5) is 26.0 Å². The molecule has 2 N–H and O–H groups in total. The van der Waals surface area contributed by atoms with Gasteiger partial charge in [0.2, 0.25) is 0 Å². The van der Waals surface area contributed by atoms with E-state index in [1.165, 1.54) is 19.2 Å². The molecular weight excluding hydrogens is 452 g/mol. The maximum absolute atomic E-state index is 14.5. The monoisotopic (exact) mass is 473 g/mol. The van der Waals surface area contributed by atoms with Crippen LogP contribution in [-0.2, 0) is 0 Å². The molecule has 2 aromatic heterocycles. The number of rotatable bonds is 4. The lowest BCUT2D eigenvalue weighted by atomic mass is 10.0. The Hall–Kier alpha value is -4.39. The van der Waals surface area contributed by atoms with Gasteiger partial charge in [-0.1, -0.05) is 0 Å². The van der Waals surface area contributed by atoms with Crippen LogP contribution in [0.15, 0.2) is 48.8 Å². The van der Waals surface area contributed by atoms with Crippen LogP contribution in [0.1, 0.15) is 41.7 Å². The Bertz CT molecular complexity index is 1500. The molecule has 2 aliphatic rings. The molecule has 1 saturated heterocycles. The van der Waals surface area contributed by atoms with Crippen molar-refractivity contribution in [3.05, 3.63) is 77.1 Å². The van der Waals surface area contributed by atoms with E-state index in [1.54, 1.807) is 22.8 Å². The summed E-state index contributed by atoms with van der Waals surface area (Å²) in [7, 11) is 1.53. The molecule has 176 valence electrons. The van der Waals surface area contributed by atoms with E-state index in [2.05, 4.69) is 21.8 Å². The number of fused-ring (bicyclic) bond motifs is 2. The number of benzene rings is 2. The SMILES string of the molecule is COc1cc2c(cc1C#N)NC(c1cnn3ccc(N4CCCC4c4cc(F)ccc4F)nc13)N2. The number of nitrogens with zero attached hydrogens (tertiary/aromatic N) is 5. The van der Waals surface area contributed by atoms with Gasteiger partial charge in [-0.05, 0) is 43.2 Å². The van der Waals surface area contributed by atoms with Crippen LogP contribution in [0, 0.1) is 23.0 Å². The van der Waals surface area contributed by atoms with E-state index in [4.69, 9.17) is 9.72 Å². The predicted molar refractivity (Wildman–Crippen MR) is 126 cm³/mol. The summed E-state index contributed by atoms with van der Waals surface area (Å²) in [6.45, 7) is 0.690. The molecule has 0 radical (unpaired) electrons. The third kappa shape index (κ3) is 3.47. The van der Waals surface area contributed by atoms with E-state index in [0.717, 1.165) is 29.4 Å². The summed E-state index contributed by atoms with van der Waals surface area (Å²) in [5, 5.41) is 20.6. The predicted octanol–water partition coefficient (Wildman–Crippen LogP) is 4.77. The molecule has 2 unspecified atom stereocenters. The number of methoxy groups -OCH3 is 1. The highest BCUT2D eigenvalue weighted by atomic mass is 19.1. The first-order valence-electron chi connectivity index (χ1n) is 11.3. The quantitative estimate of drug-likeness (QED) is 0.441. The van der Waals surface area contributed by atoms with E-state index in [9.17, 15) is 14.0 Å². The zero-order valence-corrected chi connectivity index (χ0v) is 18.8. The number of hydrogen-bond acceptors (Lipinski definition) is 7. The molecule has 2 atom stereocenters. The highest BCUT2D eigenvalue weighted by Crippen LogP contribution is 2.41. The molecule has 0 saturated carbocycles. The molecular formula is C25H21F2N7O. The number of anilines is 3. The van der Waals surface area contributed by atoms with Crippen LogP contribution in [0.3, 0.4) is 0 Å². The Labute approximate surface area is 199 Å². The van der Waals surface area contributed by atoms with E-state index in [1.807, 2.05) is 17.2 Å². The summed E-state index contributed by atoms with van der Waals surface area (Å²) in [5.74, 6) is 0.295. The molecule has 4 aromatic rings. The van der Waals surface area contributed by atoms with Gasteiger partial charge < -0.3 is 20.3 Å². The molecule has 2 aromatic carbocycles. The Kier molecular flexibility index (Phi) is 4.91. The minimum Gasteiger partial charge on any atom is -0.495 e. The molecule has 1 fully saturated rings. The normalized spacial score (nSPS) is 18.7. The van der Waals surface area contributed by atoms with Crippen molar-refractivity contribution >= 4 is 22.8 Å². The Morgan fingerprint density at radius 2 is 1.94 bits per heavy atom. The maximum Gasteiger partial charge on any atom is 0.164 e. The van der Waals surface area contributed by atoms with Crippen molar-refractivity contribution in [2.75, 3.05) is 29.2 Å². The van der Waals surface area contributed by atoms with Crippen LogP contribution in [0.2, 0.25) is 0 Å². The highest BCUT2D eigenvalue weighted by molar-refractivity contribution is 5.80. The lowest BCUT2D eigenvalue weighted by Crippen LogP contribution is -2.24. The molecule has 8 nitrogen and oxygen atoms in total. The van der Waals surface area contributed by atoms with Crippen LogP contribution >= 0.6 is 0 Å². The van der Waals surface area contributed by atoms with Crippen molar-refractivity contribution in [2.45, 2.75) is 25.0 Å². The first kappa shape index (κ1) is 21.2. The van der Waals surface area contributed by atoms with Gasteiger partial charge in [0, 0.05) is 24.4 Å². The van der Waals surface area contributed by atoms with Crippen LogP contribution in [-0.4, -0.2) is 28.3 Å². The number of halogens is 2. The van der Waals surface area contributed by atoms with E-state index < -0.39 is 11.6 Å². The molecule has 35 heavy (non-hydrogen) atoms. The van der Waals surface area contributed by atoms with Crippen LogP contribution < -0.4 is 20.3 Å². The summed E-state index contributed by atoms with van der Waals surface area (Å²) in [5.41, 5.74) is 3.82. The molecule has 2 aliphatic heterocycles. The largest absolute Gasteiger partial charge is 0.495 e. The standard InChI is InChI=1S/C25H21F2N7O/c1-35-22-11-20-19(9-14(22)12-28)30-24(31-20)17-13-29-34-8-6-23(32-25(17)34)33-7-2-3-21(33)16-10-15(26)4-5-18(16)27/h4-6,8-11,13,21,24,30-31H,2-3,7H2,1H3. The number of hydrogen-bond donors (Lipinski definition) is 2. The average Bonchev–Trinajstić information content (AvgIpc) is 3.61. The van der Waals surface area contributed by atoms with E-state index in [0.29, 0.717) is 41.3 Å². The first-order chi connectivity index (χ1) is 17.1. The number of ether oxygens (including phenoxy) is 1. The van der Waals surface area contributed by atoms with Gasteiger partial charge in [0.1, 0.15) is 35.4 Å². The van der Waals surface area contributed by atoms with Gasteiger partial charge in [-0.25, -0.2) is 18.3 Å². The van der Waals surface area contributed by atoms with Gasteiger partial charge in [-0.15, -0.1) is 0 Å². The van der Waals surface area contributed by atoms with Crippen molar-refractivity contribution in [3.8, 4) is 11.8 Å². The fraction of sp³-hybridized carbons (Fsp3) is 0.240. The van der Waals surface area contributed by atoms with E-state index in [-0.39, 0.29) is 12.2 Å². The molecule has 0 amide bonds. The van der Waals surface area contributed by atoms with Gasteiger partial charge >= 0.3 is 0 Å². The van der Waals surface area contributed by atoms with Crippen molar-refractivity contribution in [1.82, 2.24) is 14.6 Å². The average molecular weight is 473 g/mol. The van der Waals surface area contributed by atoms with Gasteiger partial charge in [0.25, 0.3) is 0 Å². The Morgan fingerprint density at radius 3 is 2.74 bits per heavy atom. The van der Waals surface area contributed by atoms with Gasteiger partial charge in [0.05, 0.1) is 41.9 Å². The Morgan fingerprint density at radius 1 is 1.11 bits per heavy atom. The summed E-state index contributed by atoms with van der Waals surface area (Å²) in [6.07, 6.45) is 4.79. The lowest BCUT2D eigenvalue weighted by molar-refractivity contribution is 0.414. The second-order valence-corrected chi connectivity index (χ2v) is 8.60. The zero-order valence-electron chi connectivity index (χ0n) is 18.8. The summed E-state index contributed by atoms with van der Waals surface area (Å²) in [6, 6.07) is 10.8. The zero-order chi connectivity index (χ0) is 24.1. The second-order valence-electron chi connectivity index (χ2n) is 8.60. The topological polar surface area (TPSA) is 90.5 Å². The van der Waals surface area contributed by atoms with Gasteiger partial charge in [0.15, 0.2) is 5.65 Å². The fourth-order valence-corrected chi connectivity index (χ4v) is 4.95. The molecule has 10 heteroatoms. The summed E-state index contributed by atoms with van der Waals surface area (Å²) >= 11 is 0. The van der Waals surface area contributed by atoms with Crippen molar-refractivity contribution in [1.29, 1.82) is 5.26 Å². The van der Waals surface area contributed by atoms with Crippen LogP contribution in [0.25, 0.3) is 5.65 Å². The number of nitriles is 1. The van der Waals surface area contributed by atoms with Gasteiger partial charge in [-0.3, -0.25) is 0 Å². The third-order valence-corrected chi connectivity index (χ3v) is 6.62. The Balaban J connectivity index is 1.34. The molecule has 6 rings (SSSR count). The summed E-state index contributed by atoms with van der Waals surface area (Å²) < 4.78 is 35.4. The minimum atomic E-state index is -0.455. The lowest BCUT2D eigenvalue weighted by Gasteiger charge is -2.26. The molecule has 0 aliphatic carbocycles. The van der Waals surface area contributed by atoms with Crippen molar-refractivity contribution < 1.29 is 13.5 Å². The number of aromatic nitrogens is 3. The van der Waals surface area contributed by atoms with Crippen LogP contribution in [0.5, 0.6) is 5.75 Å². The molecule has 0 spiro atoms. The first-order valence-corrected chi connectivity index (χ1v) is 11.3. The smallest absolute Gasteiger partial charge is 0.164 e. The fourth-order valence-electron chi connectivity index (χ4n) is 4.95. The maximum atomic E-state index is 14.5. The highest BCUT2D eigenvalue weighted by Gasteiger charge is 2.31. The molecule has 4 heterocycles. The van der Waals surface area contributed by atoms with E-state index >= 15 is 0 Å². The van der Waals surface area contributed by atoms with Crippen molar-refractivity contribution in [2.24, 2.45) is 0 Å². The second kappa shape index (κ2) is 8.13.